The molecule has 1 unspecified atom stereocenters. The lowest BCUT2D eigenvalue weighted by molar-refractivity contribution is -0.127. The molecule has 1 aromatic carbocycles. The highest BCUT2D eigenvalue weighted by molar-refractivity contribution is 5.92. The Balaban J connectivity index is 1.89. The molecular formula is C18H27N3O2. The number of carbonyl (C=O) groups is 2. The summed E-state index contributed by atoms with van der Waals surface area (Å²) in [5.41, 5.74) is 1.40. The number of hydrogen-bond donors (Lipinski definition) is 3. The predicted octanol–water partition coefficient (Wildman–Crippen LogP) is 2.43. The van der Waals surface area contributed by atoms with E-state index >= 15 is 0 Å². The topological polar surface area (TPSA) is 70.2 Å². The number of amides is 2. The van der Waals surface area contributed by atoms with Gasteiger partial charge in [0, 0.05) is 18.2 Å². The number of hydrogen-bond acceptors (Lipinski definition) is 3. The van der Waals surface area contributed by atoms with Gasteiger partial charge in [0.2, 0.25) is 11.8 Å². The minimum Gasteiger partial charge on any atom is -0.350 e. The van der Waals surface area contributed by atoms with E-state index in [1.54, 1.807) is 0 Å². The van der Waals surface area contributed by atoms with Crippen LogP contribution in [0.4, 0.5) is 5.69 Å². The van der Waals surface area contributed by atoms with E-state index in [1.165, 1.54) is 0 Å². The molecule has 2 rings (SSSR count). The summed E-state index contributed by atoms with van der Waals surface area (Å²) in [5.74, 6) is 0.0380. The molecular weight excluding hydrogens is 290 g/mol. The third-order valence-corrected chi connectivity index (χ3v) is 4.48. The number of carbonyl (C=O) groups excluding carboxylic acids is 2. The molecule has 0 saturated carbocycles. The molecule has 2 amide bonds. The maximum atomic E-state index is 12.4. The fraction of sp³-hybridized carbons (Fsp3) is 0.556. The van der Waals surface area contributed by atoms with E-state index in [0.717, 1.165) is 37.1 Å². The zero-order valence-electron chi connectivity index (χ0n) is 14.2. The second-order valence-electron chi connectivity index (χ2n) is 6.49. The Kier molecular flexibility index (Phi) is 5.77. The van der Waals surface area contributed by atoms with Crippen molar-refractivity contribution < 1.29 is 9.59 Å². The molecule has 3 N–H and O–H groups in total. The summed E-state index contributed by atoms with van der Waals surface area (Å²) < 4.78 is 0. The lowest BCUT2D eigenvalue weighted by Gasteiger charge is -2.26. The van der Waals surface area contributed by atoms with Gasteiger partial charge in [0.15, 0.2) is 0 Å². The quantitative estimate of drug-likeness (QED) is 0.755. The monoisotopic (exact) mass is 317 g/mol. The van der Waals surface area contributed by atoms with Gasteiger partial charge in [-0.3, -0.25) is 9.59 Å². The molecule has 0 bridgehead atoms. The van der Waals surface area contributed by atoms with Crippen molar-refractivity contribution in [2.24, 2.45) is 5.92 Å². The SMILES string of the molecule is CCC1(C(=O)NCc2ccc(NC(=O)C(C)C)cc2)CCCN1. The van der Waals surface area contributed by atoms with Gasteiger partial charge in [-0.2, -0.15) is 0 Å². The number of rotatable bonds is 6. The molecule has 0 aliphatic carbocycles. The normalized spacial score (nSPS) is 20.5. The van der Waals surface area contributed by atoms with Gasteiger partial charge < -0.3 is 16.0 Å². The number of nitrogens with one attached hydrogen (secondary N) is 3. The van der Waals surface area contributed by atoms with Gasteiger partial charge in [-0.05, 0) is 43.5 Å². The van der Waals surface area contributed by atoms with Gasteiger partial charge in [-0.25, -0.2) is 0 Å². The van der Waals surface area contributed by atoms with Crippen molar-refractivity contribution in [3.8, 4) is 0 Å². The number of anilines is 1. The van der Waals surface area contributed by atoms with Crippen LogP contribution in [0.5, 0.6) is 0 Å². The molecule has 1 aromatic rings. The third kappa shape index (κ3) is 4.32. The van der Waals surface area contributed by atoms with Crippen LogP contribution in [0.25, 0.3) is 0 Å². The van der Waals surface area contributed by atoms with E-state index in [0.29, 0.717) is 6.54 Å². The Morgan fingerprint density at radius 3 is 2.48 bits per heavy atom. The van der Waals surface area contributed by atoms with Gasteiger partial charge in [-0.1, -0.05) is 32.9 Å². The van der Waals surface area contributed by atoms with Crippen molar-refractivity contribution in [2.75, 3.05) is 11.9 Å². The highest BCUT2D eigenvalue weighted by atomic mass is 16.2. The van der Waals surface area contributed by atoms with Crippen LogP contribution in [-0.2, 0) is 16.1 Å². The second kappa shape index (κ2) is 7.59. The molecule has 0 spiro atoms. The van der Waals surface area contributed by atoms with E-state index in [4.69, 9.17) is 0 Å². The molecule has 0 aromatic heterocycles. The van der Waals surface area contributed by atoms with E-state index in [-0.39, 0.29) is 17.7 Å². The summed E-state index contributed by atoms with van der Waals surface area (Å²) in [6.07, 6.45) is 2.75. The molecule has 1 aliphatic heterocycles. The molecule has 1 aliphatic rings. The molecule has 0 radical (unpaired) electrons. The molecule has 23 heavy (non-hydrogen) atoms. The van der Waals surface area contributed by atoms with Crippen molar-refractivity contribution in [3.63, 3.8) is 0 Å². The largest absolute Gasteiger partial charge is 0.350 e. The van der Waals surface area contributed by atoms with E-state index in [2.05, 4.69) is 16.0 Å². The van der Waals surface area contributed by atoms with Gasteiger partial charge in [0.25, 0.3) is 0 Å². The van der Waals surface area contributed by atoms with Gasteiger partial charge in [0.1, 0.15) is 0 Å². The zero-order chi connectivity index (χ0) is 16.9. The first-order valence-corrected chi connectivity index (χ1v) is 8.40. The highest BCUT2D eigenvalue weighted by Crippen LogP contribution is 2.23. The summed E-state index contributed by atoms with van der Waals surface area (Å²) in [6, 6.07) is 7.59. The molecule has 5 heteroatoms. The average Bonchev–Trinajstić information content (AvgIpc) is 3.04. The van der Waals surface area contributed by atoms with Crippen LogP contribution in [0.2, 0.25) is 0 Å². The fourth-order valence-electron chi connectivity index (χ4n) is 2.81. The third-order valence-electron chi connectivity index (χ3n) is 4.48. The Hall–Kier alpha value is -1.88. The molecule has 1 heterocycles. The van der Waals surface area contributed by atoms with Crippen molar-refractivity contribution in [1.29, 1.82) is 0 Å². The Labute approximate surface area is 138 Å². The lowest BCUT2D eigenvalue weighted by atomic mass is 9.93. The Bertz CT molecular complexity index is 546. The van der Waals surface area contributed by atoms with Gasteiger partial charge in [-0.15, -0.1) is 0 Å². The minimum atomic E-state index is -0.398. The molecule has 1 saturated heterocycles. The molecule has 1 fully saturated rings. The maximum absolute atomic E-state index is 12.4. The summed E-state index contributed by atoms with van der Waals surface area (Å²) in [5, 5.41) is 9.22. The van der Waals surface area contributed by atoms with Crippen LogP contribution >= 0.6 is 0 Å². The fourth-order valence-corrected chi connectivity index (χ4v) is 2.81. The zero-order valence-corrected chi connectivity index (χ0v) is 14.2. The van der Waals surface area contributed by atoms with Crippen molar-refractivity contribution in [3.05, 3.63) is 29.8 Å². The predicted molar refractivity (Wildman–Crippen MR) is 92.0 cm³/mol. The van der Waals surface area contributed by atoms with Crippen LogP contribution in [0.15, 0.2) is 24.3 Å². The van der Waals surface area contributed by atoms with Crippen LogP contribution < -0.4 is 16.0 Å². The van der Waals surface area contributed by atoms with Crippen molar-refractivity contribution >= 4 is 17.5 Å². The maximum Gasteiger partial charge on any atom is 0.240 e. The molecule has 126 valence electrons. The highest BCUT2D eigenvalue weighted by Gasteiger charge is 2.38. The first kappa shape index (κ1) is 17.5. The Morgan fingerprint density at radius 1 is 1.26 bits per heavy atom. The number of benzene rings is 1. The van der Waals surface area contributed by atoms with E-state index in [1.807, 2.05) is 45.0 Å². The summed E-state index contributed by atoms with van der Waals surface area (Å²) in [7, 11) is 0. The average molecular weight is 317 g/mol. The van der Waals surface area contributed by atoms with Crippen LogP contribution in [0.1, 0.15) is 45.6 Å². The minimum absolute atomic E-state index is 0.00301. The second-order valence-corrected chi connectivity index (χ2v) is 6.49. The lowest BCUT2D eigenvalue weighted by Crippen LogP contribution is -2.52. The van der Waals surface area contributed by atoms with E-state index in [9.17, 15) is 9.59 Å². The summed E-state index contributed by atoms with van der Waals surface area (Å²) >= 11 is 0. The van der Waals surface area contributed by atoms with Gasteiger partial charge >= 0.3 is 0 Å². The first-order valence-electron chi connectivity index (χ1n) is 8.40. The smallest absolute Gasteiger partial charge is 0.240 e. The van der Waals surface area contributed by atoms with E-state index < -0.39 is 5.54 Å². The Morgan fingerprint density at radius 2 is 1.96 bits per heavy atom. The molecule has 5 nitrogen and oxygen atoms in total. The summed E-state index contributed by atoms with van der Waals surface area (Å²) in [4.78, 5) is 24.1. The molecule has 1 atom stereocenters. The summed E-state index contributed by atoms with van der Waals surface area (Å²) in [6.45, 7) is 7.18. The van der Waals surface area contributed by atoms with Crippen LogP contribution in [-0.4, -0.2) is 23.9 Å². The van der Waals surface area contributed by atoms with Crippen LogP contribution in [0.3, 0.4) is 0 Å². The van der Waals surface area contributed by atoms with Crippen molar-refractivity contribution in [2.45, 2.75) is 52.1 Å². The van der Waals surface area contributed by atoms with Crippen LogP contribution in [0, 0.1) is 5.92 Å². The van der Waals surface area contributed by atoms with Crippen molar-refractivity contribution in [1.82, 2.24) is 10.6 Å². The standard InChI is InChI=1S/C18H27N3O2/c1-4-18(10-5-11-20-18)17(23)19-12-14-6-8-15(9-7-14)21-16(22)13(2)3/h6-9,13,20H,4-5,10-12H2,1-3H3,(H,19,23)(H,21,22). The first-order chi connectivity index (χ1) is 11.0. The van der Waals surface area contributed by atoms with Gasteiger partial charge in [0.05, 0.1) is 5.54 Å².